The zero-order valence-corrected chi connectivity index (χ0v) is 15.9. The number of hydrogen-bond acceptors (Lipinski definition) is 6. The lowest BCUT2D eigenvalue weighted by Crippen LogP contribution is -2.22. The molecule has 1 aliphatic heterocycles. The van der Waals surface area contributed by atoms with Crippen LogP contribution in [0.25, 0.3) is 0 Å². The SMILES string of the molecule is CCCOc1ccc(C=NN=C2NC(=O)CS2)cc1CN(CC)CC. The molecule has 0 aromatic heterocycles. The lowest BCUT2D eigenvalue weighted by atomic mass is 10.1. The van der Waals surface area contributed by atoms with Gasteiger partial charge in [0, 0.05) is 12.1 Å². The topological polar surface area (TPSA) is 66.3 Å². The van der Waals surface area contributed by atoms with Crippen LogP contribution in [0.3, 0.4) is 0 Å². The van der Waals surface area contributed by atoms with Gasteiger partial charge in [-0.2, -0.15) is 5.10 Å². The van der Waals surface area contributed by atoms with Crippen LogP contribution in [0.1, 0.15) is 38.3 Å². The third-order valence-corrected chi connectivity index (χ3v) is 4.64. The number of amides is 1. The van der Waals surface area contributed by atoms with E-state index in [2.05, 4.69) is 47.3 Å². The Bertz CT molecular complexity index is 642. The van der Waals surface area contributed by atoms with Gasteiger partial charge in [-0.25, -0.2) is 0 Å². The molecule has 1 amide bonds. The lowest BCUT2D eigenvalue weighted by Gasteiger charge is -2.20. The fraction of sp³-hybridized carbons (Fsp3) is 0.500. The van der Waals surface area contributed by atoms with Crippen molar-refractivity contribution in [2.75, 3.05) is 25.4 Å². The van der Waals surface area contributed by atoms with Gasteiger partial charge < -0.3 is 10.1 Å². The van der Waals surface area contributed by atoms with E-state index in [0.717, 1.165) is 42.9 Å². The molecule has 1 saturated heterocycles. The molecular weight excluding hydrogens is 336 g/mol. The zero-order valence-electron chi connectivity index (χ0n) is 15.1. The predicted molar refractivity (Wildman–Crippen MR) is 104 cm³/mol. The van der Waals surface area contributed by atoms with Crippen molar-refractivity contribution in [1.29, 1.82) is 0 Å². The summed E-state index contributed by atoms with van der Waals surface area (Å²) in [5, 5.41) is 11.3. The van der Waals surface area contributed by atoms with Crippen LogP contribution < -0.4 is 10.1 Å². The number of hydrogen-bond donors (Lipinski definition) is 1. The molecular formula is C18H26N4O2S. The Balaban J connectivity index is 2.14. The highest BCUT2D eigenvalue weighted by molar-refractivity contribution is 8.15. The largest absolute Gasteiger partial charge is 0.493 e. The molecule has 0 bridgehead atoms. The quantitative estimate of drug-likeness (QED) is 0.542. The number of carbonyl (C=O) groups is 1. The normalized spacial score (nSPS) is 16.2. The molecule has 0 radical (unpaired) electrons. The summed E-state index contributed by atoms with van der Waals surface area (Å²) >= 11 is 1.36. The molecule has 1 N–H and O–H groups in total. The molecule has 0 unspecified atom stereocenters. The average Bonchev–Trinajstić information content (AvgIpc) is 3.04. The van der Waals surface area contributed by atoms with Gasteiger partial charge in [-0.05, 0) is 43.3 Å². The summed E-state index contributed by atoms with van der Waals surface area (Å²) in [5.74, 6) is 1.31. The highest BCUT2D eigenvalue weighted by atomic mass is 32.2. The lowest BCUT2D eigenvalue weighted by molar-refractivity contribution is -0.116. The third-order valence-electron chi connectivity index (χ3n) is 3.78. The Hall–Kier alpha value is -1.86. The molecule has 1 fully saturated rings. The van der Waals surface area contributed by atoms with Gasteiger partial charge in [0.25, 0.3) is 0 Å². The number of benzene rings is 1. The van der Waals surface area contributed by atoms with E-state index in [4.69, 9.17) is 4.74 Å². The van der Waals surface area contributed by atoms with E-state index in [1.165, 1.54) is 11.8 Å². The number of rotatable bonds is 9. The third kappa shape index (κ3) is 6.17. The molecule has 0 atom stereocenters. The van der Waals surface area contributed by atoms with Gasteiger partial charge in [-0.15, -0.1) is 5.10 Å². The summed E-state index contributed by atoms with van der Waals surface area (Å²) in [7, 11) is 0. The molecule has 136 valence electrons. The van der Waals surface area contributed by atoms with Gasteiger partial charge >= 0.3 is 0 Å². The number of thioether (sulfide) groups is 1. The van der Waals surface area contributed by atoms with Crippen molar-refractivity contribution in [3.63, 3.8) is 0 Å². The van der Waals surface area contributed by atoms with Crippen LogP contribution in [0.15, 0.2) is 28.4 Å². The summed E-state index contributed by atoms with van der Waals surface area (Å²) in [4.78, 5) is 13.5. The number of amidine groups is 1. The molecule has 2 rings (SSSR count). The first-order valence-corrected chi connectivity index (χ1v) is 9.66. The number of ether oxygens (including phenoxy) is 1. The molecule has 6 nitrogen and oxygen atoms in total. The molecule has 7 heteroatoms. The summed E-state index contributed by atoms with van der Waals surface area (Å²) in [5.41, 5.74) is 2.11. The Kier molecular flexibility index (Phi) is 7.94. The van der Waals surface area contributed by atoms with Crippen LogP contribution in [0, 0.1) is 0 Å². The maximum atomic E-state index is 11.1. The first-order valence-electron chi connectivity index (χ1n) is 8.68. The zero-order chi connectivity index (χ0) is 18.1. The van der Waals surface area contributed by atoms with Crippen LogP contribution in [0.2, 0.25) is 0 Å². The summed E-state index contributed by atoms with van der Waals surface area (Å²) < 4.78 is 5.88. The highest BCUT2D eigenvalue weighted by Gasteiger charge is 2.16. The smallest absolute Gasteiger partial charge is 0.236 e. The van der Waals surface area contributed by atoms with Crippen molar-refractivity contribution in [1.82, 2.24) is 10.2 Å². The number of carbonyl (C=O) groups excluding carboxylic acids is 1. The van der Waals surface area contributed by atoms with Crippen LogP contribution in [0.5, 0.6) is 5.75 Å². The van der Waals surface area contributed by atoms with E-state index in [1.54, 1.807) is 6.21 Å². The molecule has 1 aromatic rings. The van der Waals surface area contributed by atoms with Gasteiger partial charge in [0.05, 0.1) is 18.6 Å². The summed E-state index contributed by atoms with van der Waals surface area (Å²) in [6.07, 6.45) is 2.68. The Morgan fingerprint density at radius 3 is 2.76 bits per heavy atom. The summed E-state index contributed by atoms with van der Waals surface area (Å²) in [6.45, 7) is 9.96. The maximum Gasteiger partial charge on any atom is 0.236 e. The Labute approximate surface area is 153 Å². The molecule has 0 aliphatic carbocycles. The van der Waals surface area contributed by atoms with E-state index < -0.39 is 0 Å². The molecule has 1 heterocycles. The van der Waals surface area contributed by atoms with Crippen LogP contribution in [-0.2, 0) is 11.3 Å². The fourth-order valence-corrected chi connectivity index (χ4v) is 3.00. The maximum absolute atomic E-state index is 11.1. The van der Waals surface area contributed by atoms with Crippen LogP contribution >= 0.6 is 11.8 Å². The monoisotopic (exact) mass is 362 g/mol. The minimum atomic E-state index is -0.0297. The number of nitrogens with one attached hydrogen (secondary N) is 1. The highest BCUT2D eigenvalue weighted by Crippen LogP contribution is 2.22. The first kappa shape index (κ1) is 19.5. The summed E-state index contributed by atoms with van der Waals surface area (Å²) in [6, 6.07) is 6.06. The van der Waals surface area contributed by atoms with Crippen molar-refractivity contribution in [2.24, 2.45) is 10.2 Å². The van der Waals surface area contributed by atoms with E-state index >= 15 is 0 Å². The van der Waals surface area contributed by atoms with Crippen LogP contribution in [-0.4, -0.2) is 47.6 Å². The minimum Gasteiger partial charge on any atom is -0.493 e. The molecule has 25 heavy (non-hydrogen) atoms. The Morgan fingerprint density at radius 2 is 2.12 bits per heavy atom. The standard InChI is InChI=1S/C18H26N4O2S/c1-4-9-24-16-8-7-14(10-15(16)12-22(5-2)6-3)11-19-21-18-20-17(23)13-25-18/h7-8,10-11H,4-6,9,12-13H2,1-3H3,(H,20,21,23). The minimum absolute atomic E-state index is 0.0297. The Morgan fingerprint density at radius 1 is 1.32 bits per heavy atom. The predicted octanol–water partition coefficient (Wildman–Crippen LogP) is 2.87. The van der Waals surface area contributed by atoms with Crippen molar-refractivity contribution in [3.05, 3.63) is 29.3 Å². The average molecular weight is 362 g/mol. The van der Waals surface area contributed by atoms with Crippen molar-refractivity contribution in [2.45, 2.75) is 33.7 Å². The van der Waals surface area contributed by atoms with E-state index in [9.17, 15) is 4.79 Å². The second-order valence-electron chi connectivity index (χ2n) is 5.66. The number of nitrogens with zero attached hydrogens (tertiary/aromatic N) is 3. The second-order valence-corrected chi connectivity index (χ2v) is 6.63. The van der Waals surface area contributed by atoms with Crippen molar-refractivity contribution in [3.8, 4) is 5.75 Å². The molecule has 0 saturated carbocycles. The molecule has 1 aliphatic rings. The van der Waals surface area contributed by atoms with Crippen LogP contribution in [0.4, 0.5) is 0 Å². The van der Waals surface area contributed by atoms with Crippen molar-refractivity contribution >= 4 is 29.1 Å². The molecule has 1 aromatic carbocycles. The van der Waals surface area contributed by atoms with Gasteiger partial charge in [0.1, 0.15) is 5.75 Å². The molecule has 0 spiro atoms. The van der Waals surface area contributed by atoms with Gasteiger partial charge in [-0.3, -0.25) is 9.69 Å². The van der Waals surface area contributed by atoms with Gasteiger partial charge in [-0.1, -0.05) is 32.5 Å². The second kappa shape index (κ2) is 10.2. The van der Waals surface area contributed by atoms with E-state index in [0.29, 0.717) is 17.5 Å². The van der Waals surface area contributed by atoms with Gasteiger partial charge in [0.15, 0.2) is 5.17 Å². The fourth-order valence-electron chi connectivity index (χ4n) is 2.37. The van der Waals surface area contributed by atoms with E-state index in [1.807, 2.05) is 12.1 Å². The first-order chi connectivity index (χ1) is 12.2. The van der Waals surface area contributed by atoms with E-state index in [-0.39, 0.29) is 5.91 Å². The van der Waals surface area contributed by atoms with Gasteiger partial charge in [0.2, 0.25) is 5.91 Å². The van der Waals surface area contributed by atoms with Crippen molar-refractivity contribution < 1.29 is 9.53 Å².